The number of hydrogen-bond acceptors (Lipinski definition) is 1. The molecule has 0 radical (unpaired) electrons. The molecule has 0 aliphatic heterocycles. The van der Waals surface area contributed by atoms with Gasteiger partial charge in [-0.3, -0.25) is 0 Å². The summed E-state index contributed by atoms with van der Waals surface area (Å²) in [6.07, 6.45) is 1.01. The van der Waals surface area contributed by atoms with E-state index in [9.17, 15) is 8.78 Å². The third-order valence-corrected chi connectivity index (χ3v) is 3.29. The monoisotopic (exact) mass is 275 g/mol. The van der Waals surface area contributed by atoms with Crippen molar-refractivity contribution in [1.29, 1.82) is 0 Å². The Hall–Kier alpha value is -1.74. The van der Waals surface area contributed by atoms with E-state index in [1.165, 1.54) is 18.2 Å². The van der Waals surface area contributed by atoms with Gasteiger partial charge in [0.25, 0.3) is 0 Å². The lowest BCUT2D eigenvalue weighted by Crippen LogP contribution is -2.14. The molecule has 0 bridgehead atoms. The van der Waals surface area contributed by atoms with Gasteiger partial charge in [-0.25, -0.2) is 8.78 Å². The molecule has 2 aromatic carbocycles. The first kappa shape index (κ1) is 14.7. The predicted molar refractivity (Wildman–Crippen MR) is 78.5 cm³/mol. The van der Waals surface area contributed by atoms with Crippen LogP contribution in [-0.2, 0) is 6.54 Å². The van der Waals surface area contributed by atoms with Gasteiger partial charge in [0.05, 0.1) is 0 Å². The molecule has 0 atom stereocenters. The van der Waals surface area contributed by atoms with Crippen LogP contribution in [0.5, 0.6) is 0 Å². The van der Waals surface area contributed by atoms with Crippen molar-refractivity contribution >= 4 is 0 Å². The van der Waals surface area contributed by atoms with E-state index >= 15 is 0 Å². The maximum absolute atomic E-state index is 13.8. The fraction of sp³-hybridized carbons (Fsp3) is 0.294. The Bertz CT molecular complexity index is 594. The summed E-state index contributed by atoms with van der Waals surface area (Å²) in [4.78, 5) is 0. The van der Waals surface area contributed by atoms with E-state index in [-0.39, 0.29) is 11.6 Å². The Morgan fingerprint density at radius 2 is 1.85 bits per heavy atom. The second-order valence-electron chi connectivity index (χ2n) is 4.94. The number of halogens is 2. The molecule has 0 heterocycles. The summed E-state index contributed by atoms with van der Waals surface area (Å²) in [6.45, 7) is 5.30. The first-order valence-electron chi connectivity index (χ1n) is 6.87. The summed E-state index contributed by atoms with van der Waals surface area (Å²) in [5, 5.41) is 3.19. The zero-order chi connectivity index (χ0) is 14.5. The molecule has 0 spiro atoms. The number of hydrogen-bond donors (Lipinski definition) is 1. The zero-order valence-corrected chi connectivity index (χ0v) is 11.8. The molecule has 106 valence electrons. The SMILES string of the molecule is CCCNCc1cc(-c2ccc(F)cc2C)ccc1F. The lowest BCUT2D eigenvalue weighted by molar-refractivity contribution is 0.587. The lowest BCUT2D eigenvalue weighted by Gasteiger charge is -2.10. The molecule has 20 heavy (non-hydrogen) atoms. The third-order valence-electron chi connectivity index (χ3n) is 3.29. The van der Waals surface area contributed by atoms with Crippen LogP contribution in [0.4, 0.5) is 8.78 Å². The molecule has 0 amide bonds. The number of nitrogens with one attached hydrogen (secondary N) is 1. The van der Waals surface area contributed by atoms with Crippen LogP contribution in [0.1, 0.15) is 24.5 Å². The molecule has 2 rings (SSSR count). The van der Waals surface area contributed by atoms with Crippen molar-refractivity contribution in [3.63, 3.8) is 0 Å². The molecular weight excluding hydrogens is 256 g/mol. The molecule has 1 nitrogen and oxygen atoms in total. The number of aryl methyl sites for hydroxylation is 1. The van der Waals surface area contributed by atoms with Crippen LogP contribution in [0.25, 0.3) is 11.1 Å². The van der Waals surface area contributed by atoms with Gasteiger partial charge in [0.1, 0.15) is 11.6 Å². The Balaban J connectivity index is 2.30. The lowest BCUT2D eigenvalue weighted by atomic mass is 9.98. The zero-order valence-electron chi connectivity index (χ0n) is 11.8. The summed E-state index contributed by atoms with van der Waals surface area (Å²) in [5.41, 5.74) is 3.34. The van der Waals surface area contributed by atoms with Gasteiger partial charge < -0.3 is 5.32 Å². The largest absolute Gasteiger partial charge is 0.313 e. The smallest absolute Gasteiger partial charge is 0.127 e. The third kappa shape index (κ3) is 3.42. The van der Waals surface area contributed by atoms with Gasteiger partial charge in [0.15, 0.2) is 0 Å². The summed E-state index contributed by atoms with van der Waals surface area (Å²) in [6, 6.07) is 9.70. The van der Waals surface area contributed by atoms with Crippen molar-refractivity contribution in [2.24, 2.45) is 0 Å². The topological polar surface area (TPSA) is 12.0 Å². The maximum Gasteiger partial charge on any atom is 0.127 e. The Morgan fingerprint density at radius 3 is 2.55 bits per heavy atom. The van der Waals surface area contributed by atoms with Crippen molar-refractivity contribution in [1.82, 2.24) is 5.32 Å². The molecule has 0 saturated carbocycles. The van der Waals surface area contributed by atoms with Crippen molar-refractivity contribution in [2.75, 3.05) is 6.54 Å². The molecule has 1 N–H and O–H groups in total. The van der Waals surface area contributed by atoms with Gasteiger partial charge in [-0.2, -0.15) is 0 Å². The molecule has 0 aliphatic carbocycles. The molecule has 0 fully saturated rings. The summed E-state index contributed by atoms with van der Waals surface area (Å²) in [5.74, 6) is -0.463. The average molecular weight is 275 g/mol. The van der Waals surface area contributed by atoms with E-state index in [0.717, 1.165) is 29.7 Å². The second kappa shape index (κ2) is 6.62. The quantitative estimate of drug-likeness (QED) is 0.795. The average Bonchev–Trinajstić information content (AvgIpc) is 2.41. The van der Waals surface area contributed by atoms with Crippen LogP contribution in [0, 0.1) is 18.6 Å². The number of rotatable bonds is 5. The number of benzene rings is 2. The van der Waals surface area contributed by atoms with Crippen LogP contribution < -0.4 is 5.32 Å². The van der Waals surface area contributed by atoms with Crippen molar-refractivity contribution in [3.05, 3.63) is 59.2 Å². The Kier molecular flexibility index (Phi) is 4.85. The first-order valence-corrected chi connectivity index (χ1v) is 6.87. The molecule has 0 saturated heterocycles. The Morgan fingerprint density at radius 1 is 1.05 bits per heavy atom. The first-order chi connectivity index (χ1) is 9.61. The highest BCUT2D eigenvalue weighted by Crippen LogP contribution is 2.26. The van der Waals surface area contributed by atoms with E-state index < -0.39 is 0 Å². The highest BCUT2D eigenvalue weighted by atomic mass is 19.1. The van der Waals surface area contributed by atoms with E-state index in [2.05, 4.69) is 12.2 Å². The second-order valence-corrected chi connectivity index (χ2v) is 4.94. The van der Waals surface area contributed by atoms with Gasteiger partial charge >= 0.3 is 0 Å². The summed E-state index contributed by atoms with van der Waals surface area (Å²) in [7, 11) is 0. The van der Waals surface area contributed by atoms with Gasteiger partial charge in [0, 0.05) is 12.1 Å². The highest BCUT2D eigenvalue weighted by molar-refractivity contribution is 5.67. The van der Waals surface area contributed by atoms with Gasteiger partial charge in [-0.1, -0.05) is 19.1 Å². The Labute approximate surface area is 118 Å². The minimum absolute atomic E-state index is 0.211. The van der Waals surface area contributed by atoms with Gasteiger partial charge in [-0.05, 0) is 60.8 Å². The van der Waals surface area contributed by atoms with Crippen LogP contribution in [0.3, 0.4) is 0 Å². The molecule has 0 unspecified atom stereocenters. The highest BCUT2D eigenvalue weighted by Gasteiger charge is 2.07. The van der Waals surface area contributed by atoms with Crippen molar-refractivity contribution in [3.8, 4) is 11.1 Å². The summed E-state index contributed by atoms with van der Waals surface area (Å²) < 4.78 is 26.9. The summed E-state index contributed by atoms with van der Waals surface area (Å²) >= 11 is 0. The van der Waals surface area contributed by atoms with Gasteiger partial charge in [-0.15, -0.1) is 0 Å². The maximum atomic E-state index is 13.8. The normalized spacial score (nSPS) is 10.8. The molecule has 3 heteroatoms. The van der Waals surface area contributed by atoms with E-state index in [4.69, 9.17) is 0 Å². The van der Waals surface area contributed by atoms with Crippen LogP contribution in [0.2, 0.25) is 0 Å². The molecule has 0 aromatic heterocycles. The van der Waals surface area contributed by atoms with Gasteiger partial charge in [0.2, 0.25) is 0 Å². The molecule has 0 aliphatic rings. The van der Waals surface area contributed by atoms with E-state index in [1.54, 1.807) is 12.1 Å². The standard InChI is InChI=1S/C17H19F2N/c1-3-8-20-11-14-10-13(4-7-17(14)19)16-6-5-15(18)9-12(16)2/h4-7,9-10,20H,3,8,11H2,1-2H3. The fourth-order valence-electron chi connectivity index (χ4n) is 2.23. The minimum Gasteiger partial charge on any atom is -0.313 e. The van der Waals surface area contributed by atoms with E-state index in [0.29, 0.717) is 12.1 Å². The van der Waals surface area contributed by atoms with Crippen LogP contribution >= 0.6 is 0 Å². The van der Waals surface area contributed by atoms with Crippen molar-refractivity contribution in [2.45, 2.75) is 26.8 Å². The van der Waals surface area contributed by atoms with Crippen molar-refractivity contribution < 1.29 is 8.78 Å². The predicted octanol–water partition coefficient (Wildman–Crippen LogP) is 4.44. The van der Waals surface area contributed by atoms with Crippen LogP contribution in [0.15, 0.2) is 36.4 Å². The molecule has 2 aromatic rings. The van der Waals surface area contributed by atoms with Crippen LogP contribution in [-0.4, -0.2) is 6.54 Å². The molecular formula is C17H19F2N. The van der Waals surface area contributed by atoms with E-state index in [1.807, 2.05) is 13.0 Å². The fourth-order valence-corrected chi connectivity index (χ4v) is 2.23. The minimum atomic E-state index is -0.252.